The van der Waals surface area contributed by atoms with Gasteiger partial charge >= 0.3 is 0 Å². The zero-order valence-corrected chi connectivity index (χ0v) is 6.21. The third kappa shape index (κ3) is 0.981. The van der Waals surface area contributed by atoms with Gasteiger partial charge in [-0.15, -0.1) is 0 Å². The van der Waals surface area contributed by atoms with E-state index in [-0.39, 0.29) is 0 Å². The molecule has 2 heteroatoms. The molecule has 2 aliphatic rings. The molecule has 0 spiro atoms. The molecule has 0 amide bonds. The SMILES string of the molecule is C1=CN2CCCCCC2N1. The van der Waals surface area contributed by atoms with Gasteiger partial charge in [-0.3, -0.25) is 0 Å². The van der Waals surface area contributed by atoms with Crippen molar-refractivity contribution < 1.29 is 0 Å². The van der Waals surface area contributed by atoms with E-state index in [1.807, 2.05) is 0 Å². The molecule has 2 nitrogen and oxygen atoms in total. The van der Waals surface area contributed by atoms with Gasteiger partial charge in [-0.1, -0.05) is 6.42 Å². The van der Waals surface area contributed by atoms with E-state index in [2.05, 4.69) is 22.6 Å². The number of hydrogen-bond acceptors (Lipinski definition) is 2. The van der Waals surface area contributed by atoms with Crippen LogP contribution >= 0.6 is 0 Å². The molecule has 0 aromatic heterocycles. The van der Waals surface area contributed by atoms with Crippen LogP contribution < -0.4 is 5.32 Å². The van der Waals surface area contributed by atoms with Crippen LogP contribution in [0.15, 0.2) is 12.4 Å². The van der Waals surface area contributed by atoms with E-state index in [1.165, 1.54) is 32.2 Å². The van der Waals surface area contributed by atoms with Gasteiger partial charge in [0.1, 0.15) is 0 Å². The summed E-state index contributed by atoms with van der Waals surface area (Å²) in [4.78, 5) is 2.41. The largest absolute Gasteiger partial charge is 0.370 e. The van der Waals surface area contributed by atoms with Crippen LogP contribution in [0.4, 0.5) is 0 Å². The average Bonchev–Trinajstić information content (AvgIpc) is 2.28. The van der Waals surface area contributed by atoms with Crippen molar-refractivity contribution in [1.82, 2.24) is 10.2 Å². The lowest BCUT2D eigenvalue weighted by Gasteiger charge is -2.22. The summed E-state index contributed by atoms with van der Waals surface area (Å²) in [5.41, 5.74) is 0. The molecule has 1 unspecified atom stereocenters. The number of fused-ring (bicyclic) bond motifs is 1. The molecular weight excluding hydrogens is 124 g/mol. The van der Waals surface area contributed by atoms with E-state index in [9.17, 15) is 0 Å². The van der Waals surface area contributed by atoms with Crippen molar-refractivity contribution in [2.24, 2.45) is 0 Å². The molecule has 0 saturated carbocycles. The minimum Gasteiger partial charge on any atom is -0.370 e. The fourth-order valence-electron chi connectivity index (χ4n) is 1.74. The summed E-state index contributed by atoms with van der Waals surface area (Å²) in [7, 11) is 0. The minimum atomic E-state index is 0.627. The summed E-state index contributed by atoms with van der Waals surface area (Å²) in [6.07, 6.45) is 10.3. The first kappa shape index (κ1) is 6.08. The fraction of sp³-hybridized carbons (Fsp3) is 0.750. The second-order valence-electron chi connectivity index (χ2n) is 3.09. The second-order valence-corrected chi connectivity index (χ2v) is 3.09. The first-order valence-electron chi connectivity index (χ1n) is 4.15. The predicted molar refractivity (Wildman–Crippen MR) is 41.2 cm³/mol. The summed E-state index contributed by atoms with van der Waals surface area (Å²) in [6.45, 7) is 1.24. The molecule has 10 heavy (non-hydrogen) atoms. The monoisotopic (exact) mass is 138 g/mol. The van der Waals surface area contributed by atoms with E-state index in [0.29, 0.717) is 6.17 Å². The average molecular weight is 138 g/mol. The lowest BCUT2D eigenvalue weighted by molar-refractivity contribution is 0.284. The lowest BCUT2D eigenvalue weighted by atomic mass is 10.2. The fourth-order valence-corrected chi connectivity index (χ4v) is 1.74. The Labute approximate surface area is 61.9 Å². The summed E-state index contributed by atoms with van der Waals surface area (Å²) < 4.78 is 0. The van der Waals surface area contributed by atoms with E-state index in [1.54, 1.807) is 0 Å². The maximum atomic E-state index is 3.34. The number of hydrogen-bond donors (Lipinski definition) is 1. The van der Waals surface area contributed by atoms with E-state index in [0.717, 1.165) is 0 Å². The predicted octanol–water partition coefficient (Wildman–Crippen LogP) is 1.26. The van der Waals surface area contributed by atoms with Gasteiger partial charge in [0, 0.05) is 18.9 Å². The molecule has 1 saturated heterocycles. The quantitative estimate of drug-likeness (QED) is 0.542. The smallest absolute Gasteiger partial charge is 0.0981 e. The molecule has 0 aromatic carbocycles. The van der Waals surface area contributed by atoms with Crippen LogP contribution in [0, 0.1) is 0 Å². The van der Waals surface area contributed by atoms with Crippen LogP contribution in [0.5, 0.6) is 0 Å². The van der Waals surface area contributed by atoms with Crippen LogP contribution in [0.25, 0.3) is 0 Å². The van der Waals surface area contributed by atoms with Crippen LogP contribution in [0.1, 0.15) is 25.7 Å². The molecule has 0 aliphatic carbocycles. The Balaban J connectivity index is 2.00. The van der Waals surface area contributed by atoms with Gasteiger partial charge in [-0.25, -0.2) is 0 Å². The normalized spacial score (nSPS) is 31.2. The van der Waals surface area contributed by atoms with Gasteiger partial charge in [0.2, 0.25) is 0 Å². The zero-order chi connectivity index (χ0) is 6.81. The number of rotatable bonds is 0. The molecule has 0 radical (unpaired) electrons. The Hall–Kier alpha value is -0.660. The summed E-state index contributed by atoms with van der Waals surface area (Å²) in [5.74, 6) is 0. The summed E-state index contributed by atoms with van der Waals surface area (Å²) >= 11 is 0. The van der Waals surface area contributed by atoms with Crippen LogP contribution in [-0.2, 0) is 0 Å². The maximum absolute atomic E-state index is 3.34. The van der Waals surface area contributed by atoms with Gasteiger partial charge in [-0.05, 0) is 19.3 Å². The van der Waals surface area contributed by atoms with Gasteiger partial charge in [0.05, 0.1) is 6.17 Å². The molecule has 1 N–H and O–H groups in total. The molecule has 2 aliphatic heterocycles. The van der Waals surface area contributed by atoms with Crippen molar-refractivity contribution in [2.75, 3.05) is 6.54 Å². The van der Waals surface area contributed by atoms with Crippen molar-refractivity contribution >= 4 is 0 Å². The third-order valence-electron chi connectivity index (χ3n) is 2.35. The molecule has 1 fully saturated rings. The molecule has 2 rings (SSSR count). The first-order chi connectivity index (χ1) is 4.97. The molecule has 56 valence electrons. The van der Waals surface area contributed by atoms with Gasteiger partial charge in [-0.2, -0.15) is 0 Å². The van der Waals surface area contributed by atoms with Crippen molar-refractivity contribution in [2.45, 2.75) is 31.8 Å². The van der Waals surface area contributed by atoms with Crippen molar-refractivity contribution in [3.05, 3.63) is 12.4 Å². The van der Waals surface area contributed by atoms with Crippen LogP contribution in [0.3, 0.4) is 0 Å². The third-order valence-corrected chi connectivity index (χ3v) is 2.35. The Morgan fingerprint density at radius 2 is 2.30 bits per heavy atom. The van der Waals surface area contributed by atoms with Crippen molar-refractivity contribution in [1.29, 1.82) is 0 Å². The van der Waals surface area contributed by atoms with Crippen molar-refractivity contribution in [3.63, 3.8) is 0 Å². The zero-order valence-electron chi connectivity index (χ0n) is 6.21. The van der Waals surface area contributed by atoms with Gasteiger partial charge in [0.15, 0.2) is 0 Å². The highest BCUT2D eigenvalue weighted by Crippen LogP contribution is 2.17. The van der Waals surface area contributed by atoms with Crippen molar-refractivity contribution in [3.8, 4) is 0 Å². The highest BCUT2D eigenvalue weighted by atomic mass is 15.3. The van der Waals surface area contributed by atoms with Crippen LogP contribution in [0.2, 0.25) is 0 Å². The second kappa shape index (κ2) is 2.52. The Bertz CT molecular complexity index is 142. The Morgan fingerprint density at radius 1 is 1.30 bits per heavy atom. The number of nitrogens with zero attached hydrogens (tertiary/aromatic N) is 1. The molecular formula is C8H14N2. The lowest BCUT2D eigenvalue weighted by Crippen LogP contribution is -2.34. The molecule has 0 bridgehead atoms. The molecule has 0 aromatic rings. The highest BCUT2D eigenvalue weighted by Gasteiger charge is 2.19. The van der Waals surface area contributed by atoms with Gasteiger partial charge in [0.25, 0.3) is 0 Å². The maximum Gasteiger partial charge on any atom is 0.0981 e. The standard InChI is InChI=1S/C8H14N2/c1-2-4-8-9-5-7-10(8)6-3-1/h5,7-9H,1-4,6H2. The molecule has 1 atom stereocenters. The minimum absolute atomic E-state index is 0.627. The topological polar surface area (TPSA) is 15.3 Å². The van der Waals surface area contributed by atoms with E-state index in [4.69, 9.17) is 0 Å². The van der Waals surface area contributed by atoms with E-state index >= 15 is 0 Å². The summed E-state index contributed by atoms with van der Waals surface area (Å²) in [6, 6.07) is 0. The van der Waals surface area contributed by atoms with E-state index < -0.39 is 0 Å². The van der Waals surface area contributed by atoms with Crippen LogP contribution in [-0.4, -0.2) is 17.6 Å². The highest BCUT2D eigenvalue weighted by molar-refractivity contribution is 4.94. The first-order valence-corrected chi connectivity index (χ1v) is 4.15. The number of nitrogens with one attached hydrogen (secondary N) is 1. The van der Waals surface area contributed by atoms with Gasteiger partial charge < -0.3 is 10.2 Å². The molecule has 2 heterocycles. The Kier molecular flexibility index (Phi) is 1.53. The summed E-state index contributed by atoms with van der Waals surface area (Å²) in [5, 5.41) is 3.34. The Morgan fingerprint density at radius 3 is 3.30 bits per heavy atom.